The monoisotopic (exact) mass is 315 g/mol. The summed E-state index contributed by atoms with van der Waals surface area (Å²) in [5.41, 5.74) is 0.921. The topological polar surface area (TPSA) is 36.4 Å². The largest absolute Gasteiger partial charge is 0.342 e. The first-order chi connectivity index (χ1) is 9.65. The van der Waals surface area contributed by atoms with Crippen molar-refractivity contribution in [3.8, 4) is 0 Å². The van der Waals surface area contributed by atoms with Gasteiger partial charge in [0.2, 0.25) is 5.91 Å². The van der Waals surface area contributed by atoms with Crippen molar-refractivity contribution in [3.05, 3.63) is 16.1 Å². The van der Waals surface area contributed by atoms with Crippen molar-refractivity contribution in [1.82, 2.24) is 14.8 Å². The minimum Gasteiger partial charge on any atom is -0.342 e. The molecule has 2 heterocycles. The highest BCUT2D eigenvalue weighted by molar-refractivity contribution is 7.09. The van der Waals surface area contributed by atoms with Gasteiger partial charge >= 0.3 is 0 Å². The molecule has 1 aromatic heterocycles. The molecule has 2 rings (SSSR count). The van der Waals surface area contributed by atoms with Gasteiger partial charge in [-0.25, -0.2) is 4.98 Å². The SMILES string of the molecule is CCC(c1nc(CCl)cs1)N(C)CC(=O)N1CCCC1. The quantitative estimate of drug-likeness (QED) is 0.757. The Balaban J connectivity index is 1.97. The fourth-order valence-electron chi connectivity index (χ4n) is 2.60. The van der Waals surface area contributed by atoms with Gasteiger partial charge in [-0.05, 0) is 26.3 Å². The molecular formula is C14H22ClN3OS. The summed E-state index contributed by atoms with van der Waals surface area (Å²) >= 11 is 7.44. The van der Waals surface area contributed by atoms with Crippen molar-refractivity contribution in [2.24, 2.45) is 0 Å². The third-order valence-corrected chi connectivity index (χ3v) is 5.02. The molecular weight excluding hydrogens is 294 g/mol. The normalized spacial score (nSPS) is 16.9. The van der Waals surface area contributed by atoms with Crippen LogP contribution < -0.4 is 0 Å². The number of thiazole rings is 1. The lowest BCUT2D eigenvalue weighted by molar-refractivity contribution is -0.131. The van der Waals surface area contributed by atoms with Crippen molar-refractivity contribution in [2.45, 2.75) is 38.1 Å². The summed E-state index contributed by atoms with van der Waals surface area (Å²) in [5.74, 6) is 0.682. The first-order valence-corrected chi connectivity index (χ1v) is 8.55. The van der Waals surface area contributed by atoms with E-state index in [-0.39, 0.29) is 11.9 Å². The Morgan fingerprint density at radius 3 is 2.80 bits per heavy atom. The fraction of sp³-hybridized carbons (Fsp3) is 0.714. The van der Waals surface area contributed by atoms with E-state index < -0.39 is 0 Å². The summed E-state index contributed by atoms with van der Waals surface area (Å²) in [6.45, 7) is 4.42. The molecule has 0 radical (unpaired) electrons. The maximum absolute atomic E-state index is 12.2. The Morgan fingerprint density at radius 1 is 1.55 bits per heavy atom. The van der Waals surface area contributed by atoms with Gasteiger partial charge in [0.1, 0.15) is 5.01 Å². The first-order valence-electron chi connectivity index (χ1n) is 7.14. The predicted molar refractivity (Wildman–Crippen MR) is 83.1 cm³/mol. The standard InChI is InChI=1S/C14H22ClN3OS/c1-3-12(14-16-11(8-15)10-20-14)17(2)9-13(19)18-6-4-5-7-18/h10,12H,3-9H2,1-2H3. The van der Waals surface area contributed by atoms with Gasteiger partial charge in [0, 0.05) is 18.5 Å². The molecule has 6 heteroatoms. The van der Waals surface area contributed by atoms with Gasteiger partial charge in [-0.15, -0.1) is 22.9 Å². The number of aromatic nitrogens is 1. The summed E-state index contributed by atoms with van der Waals surface area (Å²) in [7, 11) is 2.00. The van der Waals surface area contributed by atoms with E-state index in [1.807, 2.05) is 17.3 Å². The summed E-state index contributed by atoms with van der Waals surface area (Å²) in [6, 6.07) is 0.198. The smallest absolute Gasteiger partial charge is 0.236 e. The molecule has 0 bridgehead atoms. The second-order valence-electron chi connectivity index (χ2n) is 5.24. The molecule has 1 aliphatic rings. The van der Waals surface area contributed by atoms with Gasteiger partial charge < -0.3 is 4.90 Å². The Kier molecular flexibility index (Phi) is 5.81. The highest BCUT2D eigenvalue weighted by atomic mass is 35.5. The van der Waals surface area contributed by atoms with E-state index in [9.17, 15) is 4.79 Å². The van der Waals surface area contributed by atoms with Gasteiger partial charge in [0.25, 0.3) is 0 Å². The molecule has 1 atom stereocenters. The molecule has 112 valence electrons. The van der Waals surface area contributed by atoms with Crippen LogP contribution in [0.4, 0.5) is 0 Å². The number of rotatable bonds is 6. The van der Waals surface area contributed by atoms with Crippen molar-refractivity contribution >= 4 is 28.8 Å². The van der Waals surface area contributed by atoms with Crippen LogP contribution in [0.1, 0.15) is 42.9 Å². The minimum absolute atomic E-state index is 0.198. The predicted octanol–water partition coefficient (Wildman–Crippen LogP) is 2.89. The van der Waals surface area contributed by atoms with Crippen LogP contribution in [0.2, 0.25) is 0 Å². The molecule has 0 spiro atoms. The van der Waals surface area contributed by atoms with E-state index in [0.717, 1.165) is 43.1 Å². The summed E-state index contributed by atoms with van der Waals surface area (Å²) in [5, 5.41) is 3.06. The molecule has 1 saturated heterocycles. The Hall–Kier alpha value is -0.650. The van der Waals surface area contributed by atoms with Crippen LogP contribution in [-0.2, 0) is 10.7 Å². The van der Waals surface area contributed by atoms with Crippen LogP contribution in [-0.4, -0.2) is 47.4 Å². The molecule has 1 aliphatic heterocycles. The van der Waals surface area contributed by atoms with Crippen LogP contribution in [0.5, 0.6) is 0 Å². The van der Waals surface area contributed by atoms with Crippen LogP contribution in [0.25, 0.3) is 0 Å². The van der Waals surface area contributed by atoms with Crippen LogP contribution in [0.15, 0.2) is 5.38 Å². The number of hydrogen-bond acceptors (Lipinski definition) is 4. The Bertz CT molecular complexity index is 445. The van der Waals surface area contributed by atoms with E-state index in [2.05, 4.69) is 16.8 Å². The summed E-state index contributed by atoms with van der Waals surface area (Å²) in [4.78, 5) is 20.8. The number of likely N-dealkylation sites (N-methyl/N-ethyl adjacent to an activating group) is 1. The van der Waals surface area contributed by atoms with Crippen molar-refractivity contribution < 1.29 is 4.79 Å². The zero-order chi connectivity index (χ0) is 14.5. The third-order valence-electron chi connectivity index (χ3n) is 3.75. The van der Waals surface area contributed by atoms with Gasteiger partial charge in [0.15, 0.2) is 0 Å². The Morgan fingerprint density at radius 2 is 2.25 bits per heavy atom. The van der Waals surface area contributed by atoms with Gasteiger partial charge in [-0.2, -0.15) is 0 Å². The molecule has 4 nitrogen and oxygen atoms in total. The van der Waals surface area contributed by atoms with E-state index in [1.54, 1.807) is 11.3 Å². The second kappa shape index (κ2) is 7.38. The molecule has 0 N–H and O–H groups in total. The number of halogens is 1. The van der Waals surface area contributed by atoms with Crippen molar-refractivity contribution in [1.29, 1.82) is 0 Å². The number of carbonyl (C=O) groups is 1. The van der Waals surface area contributed by atoms with Gasteiger partial charge in [-0.3, -0.25) is 9.69 Å². The fourth-order valence-corrected chi connectivity index (χ4v) is 3.90. The first kappa shape index (κ1) is 15.7. The summed E-state index contributed by atoms with van der Waals surface area (Å²) < 4.78 is 0. The minimum atomic E-state index is 0.198. The van der Waals surface area contributed by atoms with Crippen LogP contribution >= 0.6 is 22.9 Å². The third kappa shape index (κ3) is 3.71. The molecule has 1 fully saturated rings. The maximum Gasteiger partial charge on any atom is 0.236 e. The van der Waals surface area contributed by atoms with Crippen LogP contribution in [0, 0.1) is 0 Å². The lowest BCUT2D eigenvalue weighted by Gasteiger charge is -2.27. The molecule has 1 amide bonds. The molecule has 20 heavy (non-hydrogen) atoms. The van der Waals surface area contributed by atoms with E-state index >= 15 is 0 Å². The van der Waals surface area contributed by atoms with E-state index in [1.165, 1.54) is 0 Å². The number of nitrogens with zero attached hydrogens (tertiary/aromatic N) is 3. The molecule has 1 aromatic rings. The second-order valence-corrected chi connectivity index (χ2v) is 6.39. The Labute approximate surface area is 129 Å². The maximum atomic E-state index is 12.2. The van der Waals surface area contributed by atoms with E-state index in [0.29, 0.717) is 12.4 Å². The lowest BCUT2D eigenvalue weighted by atomic mass is 10.2. The highest BCUT2D eigenvalue weighted by Crippen LogP contribution is 2.26. The van der Waals surface area contributed by atoms with Gasteiger partial charge in [-0.1, -0.05) is 6.92 Å². The zero-order valence-electron chi connectivity index (χ0n) is 12.1. The molecule has 1 unspecified atom stereocenters. The zero-order valence-corrected chi connectivity index (χ0v) is 13.7. The average Bonchev–Trinajstić information content (AvgIpc) is 3.11. The van der Waals surface area contributed by atoms with E-state index in [4.69, 9.17) is 11.6 Å². The molecule has 0 saturated carbocycles. The average molecular weight is 316 g/mol. The number of amides is 1. The van der Waals surface area contributed by atoms with Gasteiger partial charge in [0.05, 0.1) is 24.2 Å². The number of alkyl halides is 1. The number of carbonyl (C=O) groups excluding carboxylic acids is 1. The highest BCUT2D eigenvalue weighted by Gasteiger charge is 2.24. The number of likely N-dealkylation sites (tertiary alicyclic amines) is 1. The van der Waals surface area contributed by atoms with Crippen molar-refractivity contribution in [2.75, 3.05) is 26.7 Å². The van der Waals surface area contributed by atoms with Crippen LogP contribution in [0.3, 0.4) is 0 Å². The molecule has 0 aliphatic carbocycles. The molecule has 0 aromatic carbocycles. The summed E-state index contributed by atoms with van der Waals surface area (Å²) in [6.07, 6.45) is 3.22. The lowest BCUT2D eigenvalue weighted by Crippen LogP contribution is -2.38. The number of hydrogen-bond donors (Lipinski definition) is 0. The van der Waals surface area contributed by atoms with Crippen molar-refractivity contribution in [3.63, 3.8) is 0 Å².